The highest BCUT2D eigenvalue weighted by Crippen LogP contribution is 2.28. The number of hydrogen-bond donors (Lipinski definition) is 1. The zero-order chi connectivity index (χ0) is 12.1. The third-order valence-electron chi connectivity index (χ3n) is 3.51. The molecule has 1 N–H and O–H groups in total. The maximum absolute atomic E-state index is 3.53. The lowest BCUT2D eigenvalue weighted by molar-refractivity contribution is 0.560. The van der Waals surface area contributed by atoms with Crippen LogP contribution in [0.3, 0.4) is 0 Å². The molecule has 1 aromatic carbocycles. The second kappa shape index (κ2) is 6.46. The fourth-order valence-corrected chi connectivity index (χ4v) is 3.58. The van der Waals surface area contributed by atoms with Crippen molar-refractivity contribution in [2.75, 3.05) is 12.3 Å². The Morgan fingerprint density at radius 3 is 2.82 bits per heavy atom. The van der Waals surface area contributed by atoms with Crippen molar-refractivity contribution in [3.63, 3.8) is 0 Å². The molecule has 0 amide bonds. The predicted octanol–water partition coefficient (Wildman–Crippen LogP) is 3.66. The maximum atomic E-state index is 3.53. The van der Waals surface area contributed by atoms with E-state index in [-0.39, 0.29) is 0 Å². The van der Waals surface area contributed by atoms with Crippen LogP contribution in [0.1, 0.15) is 37.8 Å². The van der Waals surface area contributed by atoms with Crippen molar-refractivity contribution in [3.8, 4) is 0 Å². The molecule has 1 aromatic rings. The summed E-state index contributed by atoms with van der Waals surface area (Å²) in [6.45, 7) is 5.52. The van der Waals surface area contributed by atoms with Crippen LogP contribution in [0.2, 0.25) is 0 Å². The first-order chi connectivity index (χ1) is 8.33. The Morgan fingerprint density at radius 1 is 1.24 bits per heavy atom. The smallest absolute Gasteiger partial charge is 0.0158 e. The molecule has 0 heterocycles. The normalized spacial score (nSPS) is 15.9. The number of aryl methyl sites for hydroxylation is 2. The van der Waals surface area contributed by atoms with Crippen LogP contribution in [0, 0.1) is 0 Å². The molecule has 2 rings (SSSR count). The highest BCUT2D eigenvalue weighted by atomic mass is 32.2. The number of rotatable bonds is 6. The lowest BCUT2D eigenvalue weighted by Crippen LogP contribution is -2.30. The van der Waals surface area contributed by atoms with Crippen LogP contribution < -0.4 is 5.32 Å². The molecular weight excluding hydrogens is 226 g/mol. The molecule has 2 heteroatoms. The van der Waals surface area contributed by atoms with E-state index < -0.39 is 0 Å². The molecule has 94 valence electrons. The summed E-state index contributed by atoms with van der Waals surface area (Å²) in [6.07, 6.45) is 5.13. The van der Waals surface area contributed by atoms with Gasteiger partial charge in [0, 0.05) is 16.7 Å². The molecule has 1 nitrogen and oxygen atoms in total. The van der Waals surface area contributed by atoms with Crippen molar-refractivity contribution >= 4 is 11.8 Å². The average molecular weight is 249 g/mol. The van der Waals surface area contributed by atoms with Gasteiger partial charge in [-0.2, -0.15) is 0 Å². The molecule has 0 radical (unpaired) electrons. The van der Waals surface area contributed by atoms with Crippen LogP contribution in [0.5, 0.6) is 0 Å². The molecule has 1 atom stereocenters. The molecule has 1 unspecified atom stereocenters. The van der Waals surface area contributed by atoms with E-state index in [0.717, 1.165) is 6.54 Å². The fraction of sp³-hybridized carbons (Fsp3) is 0.600. The zero-order valence-electron chi connectivity index (χ0n) is 11.0. The molecule has 0 bridgehead atoms. The minimum Gasteiger partial charge on any atom is -0.313 e. The summed E-state index contributed by atoms with van der Waals surface area (Å²) in [7, 11) is 0. The monoisotopic (exact) mass is 249 g/mol. The first kappa shape index (κ1) is 13.0. The molecule has 0 aliphatic heterocycles. The Bertz CT molecular complexity index is 362. The van der Waals surface area contributed by atoms with Gasteiger partial charge in [0.1, 0.15) is 0 Å². The SMILES string of the molecule is CCNC(CC)CSc1ccc2c(c1)CCC2. The molecule has 17 heavy (non-hydrogen) atoms. The van der Waals surface area contributed by atoms with Crippen LogP contribution in [0.4, 0.5) is 0 Å². The van der Waals surface area contributed by atoms with Crippen LogP contribution in [0.25, 0.3) is 0 Å². The van der Waals surface area contributed by atoms with E-state index in [9.17, 15) is 0 Å². The quantitative estimate of drug-likeness (QED) is 0.772. The topological polar surface area (TPSA) is 12.0 Å². The molecule has 0 spiro atoms. The highest BCUT2D eigenvalue weighted by molar-refractivity contribution is 7.99. The van der Waals surface area contributed by atoms with Gasteiger partial charge in [-0.15, -0.1) is 11.8 Å². The van der Waals surface area contributed by atoms with E-state index in [1.54, 1.807) is 11.1 Å². The van der Waals surface area contributed by atoms with E-state index >= 15 is 0 Å². The van der Waals surface area contributed by atoms with Crippen molar-refractivity contribution in [1.82, 2.24) is 5.32 Å². The Balaban J connectivity index is 1.90. The Hall–Kier alpha value is -0.470. The number of thioether (sulfide) groups is 1. The average Bonchev–Trinajstić information content (AvgIpc) is 2.81. The molecule has 0 fully saturated rings. The van der Waals surface area contributed by atoms with E-state index in [1.807, 2.05) is 11.8 Å². The molecule has 1 aliphatic carbocycles. The Morgan fingerprint density at radius 2 is 2.06 bits per heavy atom. The third-order valence-corrected chi connectivity index (χ3v) is 4.66. The lowest BCUT2D eigenvalue weighted by atomic mass is 10.1. The van der Waals surface area contributed by atoms with Crippen molar-refractivity contribution < 1.29 is 0 Å². The number of nitrogens with one attached hydrogen (secondary N) is 1. The van der Waals surface area contributed by atoms with Crippen LogP contribution in [-0.2, 0) is 12.8 Å². The minimum atomic E-state index is 0.651. The van der Waals surface area contributed by atoms with Crippen molar-refractivity contribution in [3.05, 3.63) is 29.3 Å². The summed E-state index contributed by atoms with van der Waals surface area (Å²) in [6, 6.07) is 7.69. The summed E-state index contributed by atoms with van der Waals surface area (Å²) in [4.78, 5) is 1.45. The standard InChI is InChI=1S/C15H23NS/c1-3-14(16-4-2)11-17-15-9-8-12-6-5-7-13(12)10-15/h8-10,14,16H,3-7,11H2,1-2H3. The summed E-state index contributed by atoms with van der Waals surface area (Å²) < 4.78 is 0. The largest absolute Gasteiger partial charge is 0.313 e. The van der Waals surface area contributed by atoms with Gasteiger partial charge >= 0.3 is 0 Å². The summed E-state index contributed by atoms with van der Waals surface area (Å²) >= 11 is 2.00. The zero-order valence-corrected chi connectivity index (χ0v) is 11.8. The van der Waals surface area contributed by atoms with E-state index in [2.05, 4.69) is 37.4 Å². The van der Waals surface area contributed by atoms with Gasteiger partial charge in [0.05, 0.1) is 0 Å². The van der Waals surface area contributed by atoms with Gasteiger partial charge in [-0.05, 0) is 55.5 Å². The molecule has 0 aromatic heterocycles. The fourth-order valence-electron chi connectivity index (χ4n) is 2.44. The van der Waals surface area contributed by atoms with Crippen molar-refractivity contribution in [1.29, 1.82) is 0 Å². The second-order valence-corrected chi connectivity index (χ2v) is 5.85. The highest BCUT2D eigenvalue weighted by Gasteiger charge is 2.11. The molecule has 0 saturated heterocycles. The van der Waals surface area contributed by atoms with Gasteiger partial charge in [-0.3, -0.25) is 0 Å². The van der Waals surface area contributed by atoms with Crippen LogP contribution in [0.15, 0.2) is 23.1 Å². The van der Waals surface area contributed by atoms with Gasteiger partial charge in [0.2, 0.25) is 0 Å². The van der Waals surface area contributed by atoms with Gasteiger partial charge in [-0.1, -0.05) is 19.9 Å². The van der Waals surface area contributed by atoms with Crippen molar-refractivity contribution in [2.24, 2.45) is 0 Å². The van der Waals surface area contributed by atoms with Gasteiger partial charge < -0.3 is 5.32 Å². The maximum Gasteiger partial charge on any atom is 0.0158 e. The van der Waals surface area contributed by atoms with E-state index in [4.69, 9.17) is 0 Å². The Labute approximate surface area is 109 Å². The third kappa shape index (κ3) is 3.49. The van der Waals surface area contributed by atoms with E-state index in [1.165, 1.54) is 36.3 Å². The summed E-state index contributed by atoms with van der Waals surface area (Å²) in [5.41, 5.74) is 3.17. The first-order valence-electron chi connectivity index (χ1n) is 6.81. The minimum absolute atomic E-state index is 0.651. The molecule has 0 saturated carbocycles. The number of hydrogen-bond acceptors (Lipinski definition) is 2. The molecular formula is C15H23NS. The first-order valence-corrected chi connectivity index (χ1v) is 7.80. The van der Waals surface area contributed by atoms with Gasteiger partial charge in [0.25, 0.3) is 0 Å². The second-order valence-electron chi connectivity index (χ2n) is 4.76. The summed E-state index contributed by atoms with van der Waals surface area (Å²) in [5, 5.41) is 3.53. The van der Waals surface area contributed by atoms with Crippen LogP contribution in [-0.4, -0.2) is 18.3 Å². The van der Waals surface area contributed by atoms with Gasteiger partial charge in [-0.25, -0.2) is 0 Å². The summed E-state index contributed by atoms with van der Waals surface area (Å²) in [5.74, 6) is 1.18. The number of fused-ring (bicyclic) bond motifs is 1. The predicted molar refractivity (Wildman–Crippen MR) is 76.9 cm³/mol. The van der Waals surface area contributed by atoms with Crippen LogP contribution >= 0.6 is 11.8 Å². The van der Waals surface area contributed by atoms with Crippen molar-refractivity contribution in [2.45, 2.75) is 50.5 Å². The number of benzene rings is 1. The lowest BCUT2D eigenvalue weighted by Gasteiger charge is -2.15. The Kier molecular flexibility index (Phi) is 4.93. The van der Waals surface area contributed by atoms with E-state index in [0.29, 0.717) is 6.04 Å². The van der Waals surface area contributed by atoms with Gasteiger partial charge in [0.15, 0.2) is 0 Å². The molecule has 1 aliphatic rings.